The molecule has 0 spiro atoms. The smallest absolute Gasteiger partial charge is 0.343 e. The number of nitrogens with one attached hydrogen (secondary N) is 2. The molecule has 0 aliphatic heterocycles. The number of amides is 1. The number of nitrogens with zero attached hydrogens (tertiary/aromatic N) is 1. The van der Waals surface area contributed by atoms with Crippen molar-refractivity contribution in [2.24, 2.45) is 5.10 Å². The van der Waals surface area contributed by atoms with Gasteiger partial charge < -0.3 is 4.74 Å². The zero-order chi connectivity index (χ0) is 25.5. The Morgan fingerprint density at radius 2 is 1.58 bits per heavy atom. The van der Waals surface area contributed by atoms with Gasteiger partial charge in [-0.15, -0.1) is 0 Å². The number of hydrogen-bond acceptors (Lipinski definition) is 6. The van der Waals surface area contributed by atoms with E-state index in [0.717, 1.165) is 16.3 Å². The van der Waals surface area contributed by atoms with Gasteiger partial charge >= 0.3 is 5.97 Å². The third-order valence-electron chi connectivity index (χ3n) is 5.28. The Labute approximate surface area is 208 Å². The summed E-state index contributed by atoms with van der Waals surface area (Å²) in [5.74, 6) is -0.925. The van der Waals surface area contributed by atoms with E-state index < -0.39 is 28.4 Å². The van der Waals surface area contributed by atoms with Crippen LogP contribution in [-0.4, -0.2) is 33.1 Å². The second-order valence-corrected chi connectivity index (χ2v) is 9.65. The number of carbonyl (C=O) groups is 2. The number of carbonyl (C=O) groups excluding carboxylic acids is 2. The van der Waals surface area contributed by atoms with Gasteiger partial charge in [0, 0.05) is 5.56 Å². The molecular weight excluding hydrogens is 478 g/mol. The molecule has 0 heterocycles. The third-order valence-corrected chi connectivity index (χ3v) is 6.70. The van der Waals surface area contributed by atoms with Crippen molar-refractivity contribution in [3.8, 4) is 5.75 Å². The van der Waals surface area contributed by atoms with Crippen molar-refractivity contribution in [2.45, 2.75) is 11.8 Å². The number of ether oxygens (including phenoxy) is 1. The first kappa shape index (κ1) is 24.8. The van der Waals surface area contributed by atoms with E-state index in [1.165, 1.54) is 18.3 Å². The fourth-order valence-corrected chi connectivity index (χ4v) is 4.40. The Hall–Kier alpha value is -4.34. The molecule has 0 radical (unpaired) electrons. The van der Waals surface area contributed by atoms with Gasteiger partial charge in [-0.3, -0.25) is 4.79 Å². The lowest BCUT2D eigenvalue weighted by molar-refractivity contribution is -0.119. The molecule has 36 heavy (non-hydrogen) atoms. The molecule has 0 saturated carbocycles. The fourth-order valence-electron chi connectivity index (χ4n) is 3.40. The molecule has 0 aromatic heterocycles. The normalized spacial score (nSPS) is 11.5. The molecule has 0 aliphatic carbocycles. The first-order valence-corrected chi connectivity index (χ1v) is 12.5. The molecule has 8 nitrogen and oxygen atoms in total. The molecule has 0 atom stereocenters. The van der Waals surface area contributed by atoms with Crippen molar-refractivity contribution in [1.29, 1.82) is 0 Å². The summed E-state index contributed by atoms with van der Waals surface area (Å²) >= 11 is 0. The highest BCUT2D eigenvalue weighted by molar-refractivity contribution is 7.89. The maximum atomic E-state index is 12.7. The van der Waals surface area contributed by atoms with Crippen molar-refractivity contribution in [3.05, 3.63) is 108 Å². The van der Waals surface area contributed by atoms with Gasteiger partial charge in [0.1, 0.15) is 5.75 Å². The van der Waals surface area contributed by atoms with E-state index in [1.807, 2.05) is 49.4 Å². The molecule has 9 heteroatoms. The SMILES string of the molecule is Cc1ccc(C(=O)Oc2ccc3ccccc3c2/C=N\NC(=O)CNS(=O)(=O)c2ccccc2)cc1. The number of fused-ring (bicyclic) bond motifs is 1. The van der Waals surface area contributed by atoms with Gasteiger partial charge in [-0.25, -0.2) is 23.4 Å². The molecular formula is C27H23N3O5S. The minimum Gasteiger partial charge on any atom is -0.422 e. The average Bonchev–Trinajstić information content (AvgIpc) is 2.89. The third kappa shape index (κ3) is 6.01. The number of aryl methyl sites for hydroxylation is 1. The number of rotatable bonds is 8. The van der Waals surface area contributed by atoms with Crippen LogP contribution >= 0.6 is 0 Å². The standard InChI is InChI=1S/C27H23N3O5S/c1-19-11-13-21(14-12-19)27(32)35-25-16-15-20-7-5-6-10-23(20)24(25)17-28-30-26(31)18-29-36(33,34)22-8-3-2-4-9-22/h2-17,29H,18H2,1H3,(H,30,31)/b28-17-. The van der Waals surface area contributed by atoms with Gasteiger partial charge in [0.2, 0.25) is 10.0 Å². The second-order valence-electron chi connectivity index (χ2n) is 7.88. The van der Waals surface area contributed by atoms with Crippen molar-refractivity contribution >= 4 is 38.9 Å². The monoisotopic (exact) mass is 501 g/mol. The van der Waals surface area contributed by atoms with Crippen LogP contribution in [0, 0.1) is 6.92 Å². The molecule has 4 aromatic carbocycles. The Kier molecular flexibility index (Phi) is 7.53. The zero-order valence-electron chi connectivity index (χ0n) is 19.3. The van der Waals surface area contributed by atoms with E-state index in [9.17, 15) is 18.0 Å². The van der Waals surface area contributed by atoms with Gasteiger partial charge in [-0.05, 0) is 48.0 Å². The van der Waals surface area contributed by atoms with Gasteiger partial charge in [-0.1, -0.05) is 66.2 Å². The molecule has 0 aliphatic rings. The van der Waals surface area contributed by atoms with E-state index >= 15 is 0 Å². The summed E-state index contributed by atoms with van der Waals surface area (Å²) in [6.45, 7) is 1.42. The largest absolute Gasteiger partial charge is 0.422 e. The summed E-state index contributed by atoms with van der Waals surface area (Å²) in [4.78, 5) is 25.0. The molecule has 4 aromatic rings. The summed E-state index contributed by atoms with van der Waals surface area (Å²) in [6, 6.07) is 25.7. The summed E-state index contributed by atoms with van der Waals surface area (Å²) in [7, 11) is -3.83. The lowest BCUT2D eigenvalue weighted by Crippen LogP contribution is -2.34. The van der Waals surface area contributed by atoms with Crippen LogP contribution in [0.3, 0.4) is 0 Å². The Balaban J connectivity index is 1.49. The zero-order valence-corrected chi connectivity index (χ0v) is 20.2. The summed E-state index contributed by atoms with van der Waals surface area (Å²) < 4.78 is 32.4. The first-order chi connectivity index (χ1) is 17.3. The quantitative estimate of drug-likeness (QED) is 0.165. The lowest BCUT2D eigenvalue weighted by atomic mass is 10.0. The van der Waals surface area contributed by atoms with E-state index in [1.54, 1.807) is 36.4 Å². The van der Waals surface area contributed by atoms with Crippen LogP contribution in [0.15, 0.2) is 101 Å². The van der Waals surface area contributed by atoms with Crippen LogP contribution in [0.4, 0.5) is 0 Å². The molecule has 4 rings (SSSR count). The van der Waals surface area contributed by atoms with E-state index in [2.05, 4.69) is 15.2 Å². The topological polar surface area (TPSA) is 114 Å². The molecule has 0 saturated heterocycles. The van der Waals surface area contributed by atoms with E-state index in [4.69, 9.17) is 4.74 Å². The molecule has 1 amide bonds. The van der Waals surface area contributed by atoms with Crippen LogP contribution < -0.4 is 14.9 Å². The Bertz CT molecular complexity index is 1530. The number of sulfonamides is 1. The molecule has 0 bridgehead atoms. The van der Waals surface area contributed by atoms with E-state index in [0.29, 0.717) is 11.1 Å². The maximum absolute atomic E-state index is 12.7. The Morgan fingerprint density at radius 1 is 0.889 bits per heavy atom. The van der Waals surface area contributed by atoms with Crippen molar-refractivity contribution < 1.29 is 22.7 Å². The van der Waals surface area contributed by atoms with Crippen LogP contribution in [0.2, 0.25) is 0 Å². The van der Waals surface area contributed by atoms with Gasteiger partial charge in [0.25, 0.3) is 5.91 Å². The minimum absolute atomic E-state index is 0.0529. The second kappa shape index (κ2) is 10.9. The van der Waals surface area contributed by atoms with Gasteiger partial charge in [0.05, 0.1) is 23.2 Å². The molecule has 2 N–H and O–H groups in total. The van der Waals surface area contributed by atoms with Gasteiger partial charge in [0.15, 0.2) is 0 Å². The molecule has 0 unspecified atom stereocenters. The van der Waals surface area contributed by atoms with Crippen LogP contribution in [0.5, 0.6) is 5.75 Å². The lowest BCUT2D eigenvalue weighted by Gasteiger charge is -2.11. The van der Waals surface area contributed by atoms with Crippen molar-refractivity contribution in [3.63, 3.8) is 0 Å². The molecule has 182 valence electrons. The molecule has 0 fully saturated rings. The van der Waals surface area contributed by atoms with Crippen molar-refractivity contribution in [1.82, 2.24) is 10.1 Å². The predicted octanol–water partition coefficient (Wildman–Crippen LogP) is 3.80. The minimum atomic E-state index is -3.83. The van der Waals surface area contributed by atoms with E-state index in [-0.39, 0.29) is 10.6 Å². The summed E-state index contributed by atoms with van der Waals surface area (Å²) in [5.41, 5.74) is 4.21. The highest BCUT2D eigenvalue weighted by atomic mass is 32.2. The Morgan fingerprint density at radius 3 is 2.33 bits per heavy atom. The summed E-state index contributed by atoms with van der Waals surface area (Å²) in [5, 5.41) is 5.61. The van der Waals surface area contributed by atoms with Crippen LogP contribution in [0.25, 0.3) is 10.8 Å². The van der Waals surface area contributed by atoms with Crippen molar-refractivity contribution in [2.75, 3.05) is 6.54 Å². The van der Waals surface area contributed by atoms with Crippen LogP contribution in [0.1, 0.15) is 21.5 Å². The highest BCUT2D eigenvalue weighted by Gasteiger charge is 2.16. The predicted molar refractivity (Wildman–Crippen MR) is 137 cm³/mol. The number of hydrogen-bond donors (Lipinski definition) is 2. The highest BCUT2D eigenvalue weighted by Crippen LogP contribution is 2.27. The average molecular weight is 502 g/mol. The summed E-state index contributed by atoms with van der Waals surface area (Å²) in [6.07, 6.45) is 1.36. The number of esters is 1. The van der Waals surface area contributed by atoms with Gasteiger partial charge in [-0.2, -0.15) is 5.10 Å². The first-order valence-electron chi connectivity index (χ1n) is 11.0. The number of hydrazone groups is 1. The van der Waals surface area contributed by atoms with Crippen LogP contribution in [-0.2, 0) is 14.8 Å². The number of benzene rings is 4. The maximum Gasteiger partial charge on any atom is 0.343 e. The fraction of sp³-hybridized carbons (Fsp3) is 0.0741.